The van der Waals surface area contributed by atoms with Crippen molar-refractivity contribution in [2.24, 2.45) is 0 Å². The predicted octanol–water partition coefficient (Wildman–Crippen LogP) is 3.59. The lowest BCUT2D eigenvalue weighted by Crippen LogP contribution is -2.18. The van der Waals surface area contributed by atoms with Crippen molar-refractivity contribution in [3.8, 4) is 0 Å². The molecule has 0 radical (unpaired) electrons. The fourth-order valence-corrected chi connectivity index (χ4v) is 2.75. The molecular weight excluding hydrogens is 234 g/mol. The minimum absolute atomic E-state index is 0.486. The second kappa shape index (κ2) is 5.41. The maximum Gasteiger partial charge on any atom is 0.135 e. The number of para-hydroxylation sites is 1. The summed E-state index contributed by atoms with van der Waals surface area (Å²) >= 11 is 0. The fourth-order valence-electron chi connectivity index (χ4n) is 2.75. The van der Waals surface area contributed by atoms with Gasteiger partial charge in [-0.25, -0.2) is 4.98 Å². The van der Waals surface area contributed by atoms with Gasteiger partial charge in [-0.2, -0.15) is 0 Å². The second-order valence-electron chi connectivity index (χ2n) is 5.07. The van der Waals surface area contributed by atoms with Crippen molar-refractivity contribution in [1.82, 2.24) is 9.88 Å². The zero-order valence-electron chi connectivity index (χ0n) is 11.2. The lowest BCUT2D eigenvalue weighted by Gasteiger charge is -2.22. The van der Waals surface area contributed by atoms with Gasteiger partial charge in [0, 0.05) is 23.5 Å². The quantitative estimate of drug-likeness (QED) is 0.906. The minimum atomic E-state index is 0.486. The van der Waals surface area contributed by atoms with Crippen LogP contribution in [0, 0.1) is 0 Å². The summed E-state index contributed by atoms with van der Waals surface area (Å²) in [5.41, 5.74) is 2.38. The number of rotatable bonds is 3. The first-order chi connectivity index (χ1) is 9.34. The summed E-state index contributed by atoms with van der Waals surface area (Å²) in [5.74, 6) is 0.979. The number of likely N-dealkylation sites (tertiary alicyclic amines) is 1. The summed E-state index contributed by atoms with van der Waals surface area (Å²) in [4.78, 5) is 6.93. The molecule has 0 bridgehead atoms. The molecule has 1 aromatic carbocycles. The normalized spacial score (nSPS) is 19.5. The third-order valence-electron chi connectivity index (χ3n) is 3.75. The van der Waals surface area contributed by atoms with Gasteiger partial charge in [0.25, 0.3) is 0 Å². The third kappa shape index (κ3) is 2.61. The van der Waals surface area contributed by atoms with Gasteiger partial charge < -0.3 is 5.32 Å². The van der Waals surface area contributed by atoms with Gasteiger partial charge >= 0.3 is 0 Å². The van der Waals surface area contributed by atoms with Crippen LogP contribution in [0.4, 0.5) is 11.5 Å². The van der Waals surface area contributed by atoms with Gasteiger partial charge in [-0.15, -0.1) is 0 Å². The molecule has 1 N–H and O–H groups in total. The van der Waals surface area contributed by atoms with Gasteiger partial charge in [0.05, 0.1) is 0 Å². The number of hydrogen-bond acceptors (Lipinski definition) is 3. The van der Waals surface area contributed by atoms with Gasteiger partial charge in [0.2, 0.25) is 0 Å². The Labute approximate surface area is 114 Å². The van der Waals surface area contributed by atoms with Crippen LogP contribution in [0.2, 0.25) is 0 Å². The first-order valence-electron chi connectivity index (χ1n) is 6.82. The maximum absolute atomic E-state index is 4.52. The molecule has 0 aliphatic carbocycles. The molecule has 1 aliphatic rings. The summed E-state index contributed by atoms with van der Waals surface area (Å²) in [6.45, 7) is 1.17. The van der Waals surface area contributed by atoms with Crippen molar-refractivity contribution in [3.05, 3.63) is 54.2 Å². The number of pyridine rings is 1. The Balaban J connectivity index is 1.89. The molecule has 98 valence electrons. The van der Waals surface area contributed by atoms with E-state index >= 15 is 0 Å². The molecule has 1 atom stereocenters. The highest BCUT2D eigenvalue weighted by Crippen LogP contribution is 2.34. The van der Waals surface area contributed by atoms with Crippen molar-refractivity contribution in [1.29, 1.82) is 0 Å². The Kier molecular flexibility index (Phi) is 3.47. The summed E-state index contributed by atoms with van der Waals surface area (Å²) in [6.07, 6.45) is 4.33. The van der Waals surface area contributed by atoms with Crippen molar-refractivity contribution < 1.29 is 0 Å². The molecule has 0 spiro atoms. The summed E-state index contributed by atoms with van der Waals surface area (Å²) < 4.78 is 0. The van der Waals surface area contributed by atoms with Gasteiger partial charge in [0.1, 0.15) is 5.82 Å². The van der Waals surface area contributed by atoms with Gasteiger partial charge in [-0.1, -0.05) is 24.3 Å². The molecule has 1 aliphatic heterocycles. The van der Waals surface area contributed by atoms with Gasteiger partial charge in [0.15, 0.2) is 0 Å². The van der Waals surface area contributed by atoms with Crippen LogP contribution in [-0.2, 0) is 0 Å². The van der Waals surface area contributed by atoms with Crippen molar-refractivity contribution in [3.63, 3.8) is 0 Å². The number of anilines is 2. The average Bonchev–Trinajstić information content (AvgIpc) is 2.87. The Morgan fingerprint density at radius 2 is 2.00 bits per heavy atom. The Bertz CT molecular complexity index is 539. The van der Waals surface area contributed by atoms with Gasteiger partial charge in [-0.05, 0) is 44.6 Å². The van der Waals surface area contributed by atoms with E-state index in [1.807, 2.05) is 30.5 Å². The topological polar surface area (TPSA) is 28.2 Å². The van der Waals surface area contributed by atoms with Crippen LogP contribution >= 0.6 is 0 Å². The zero-order chi connectivity index (χ0) is 13.1. The summed E-state index contributed by atoms with van der Waals surface area (Å²) in [7, 11) is 2.19. The highest BCUT2D eigenvalue weighted by atomic mass is 15.2. The molecule has 0 saturated carbocycles. The highest BCUT2D eigenvalue weighted by molar-refractivity contribution is 5.59. The lowest BCUT2D eigenvalue weighted by atomic mass is 10.1. The average molecular weight is 253 g/mol. The molecule has 1 fully saturated rings. The molecule has 0 amide bonds. The molecule has 1 saturated heterocycles. The molecule has 3 heteroatoms. The van der Waals surface area contributed by atoms with Crippen LogP contribution < -0.4 is 5.32 Å². The van der Waals surface area contributed by atoms with Crippen LogP contribution in [0.3, 0.4) is 0 Å². The van der Waals surface area contributed by atoms with E-state index in [1.54, 1.807) is 0 Å². The van der Waals surface area contributed by atoms with E-state index in [4.69, 9.17) is 0 Å². The van der Waals surface area contributed by atoms with E-state index in [1.165, 1.54) is 24.9 Å². The number of nitrogens with zero attached hydrogens (tertiary/aromatic N) is 2. The van der Waals surface area contributed by atoms with Crippen molar-refractivity contribution in [2.75, 3.05) is 18.9 Å². The summed E-state index contributed by atoms with van der Waals surface area (Å²) in [5, 5.41) is 3.43. The number of hydrogen-bond donors (Lipinski definition) is 1. The molecule has 1 aromatic heterocycles. The summed E-state index contributed by atoms with van der Waals surface area (Å²) in [6, 6.07) is 14.9. The van der Waals surface area contributed by atoms with Crippen molar-refractivity contribution in [2.45, 2.75) is 18.9 Å². The van der Waals surface area contributed by atoms with Gasteiger partial charge in [-0.3, -0.25) is 4.90 Å². The van der Waals surface area contributed by atoms with E-state index < -0.39 is 0 Å². The number of benzene rings is 1. The first kappa shape index (κ1) is 12.2. The Morgan fingerprint density at radius 3 is 2.74 bits per heavy atom. The van der Waals surface area contributed by atoms with Crippen LogP contribution in [0.5, 0.6) is 0 Å². The van der Waals surface area contributed by atoms with Crippen LogP contribution in [0.15, 0.2) is 48.7 Å². The SMILES string of the molecule is CN1CCC[C@@H]1c1cccnc1Nc1ccccc1. The molecule has 0 unspecified atom stereocenters. The highest BCUT2D eigenvalue weighted by Gasteiger charge is 2.25. The molecule has 3 nitrogen and oxygen atoms in total. The molecule has 2 heterocycles. The Morgan fingerprint density at radius 1 is 1.16 bits per heavy atom. The molecule has 19 heavy (non-hydrogen) atoms. The van der Waals surface area contributed by atoms with E-state index in [-0.39, 0.29) is 0 Å². The first-order valence-corrected chi connectivity index (χ1v) is 6.82. The number of aromatic nitrogens is 1. The van der Waals surface area contributed by atoms with E-state index in [0.717, 1.165) is 11.5 Å². The van der Waals surface area contributed by atoms with E-state index in [2.05, 4.69) is 40.4 Å². The molecule has 3 rings (SSSR count). The monoisotopic (exact) mass is 253 g/mol. The van der Waals surface area contributed by atoms with Crippen LogP contribution in [0.1, 0.15) is 24.4 Å². The molecule has 2 aromatic rings. The van der Waals surface area contributed by atoms with Crippen LogP contribution in [-0.4, -0.2) is 23.5 Å². The lowest BCUT2D eigenvalue weighted by molar-refractivity contribution is 0.318. The largest absolute Gasteiger partial charge is 0.340 e. The molecular formula is C16H19N3. The van der Waals surface area contributed by atoms with E-state index in [9.17, 15) is 0 Å². The zero-order valence-corrected chi connectivity index (χ0v) is 11.2. The second-order valence-corrected chi connectivity index (χ2v) is 5.07. The third-order valence-corrected chi connectivity index (χ3v) is 3.75. The minimum Gasteiger partial charge on any atom is -0.340 e. The van der Waals surface area contributed by atoms with Crippen LogP contribution in [0.25, 0.3) is 0 Å². The van der Waals surface area contributed by atoms with Crippen molar-refractivity contribution >= 4 is 11.5 Å². The standard InChI is InChI=1S/C16H19N3/c1-19-12-6-10-15(19)14-9-5-11-17-16(14)18-13-7-3-2-4-8-13/h2-5,7-9,11,15H,6,10,12H2,1H3,(H,17,18)/t15-/m1/s1. The Hall–Kier alpha value is -1.87. The smallest absolute Gasteiger partial charge is 0.135 e. The fraction of sp³-hybridized carbons (Fsp3) is 0.312. The maximum atomic E-state index is 4.52. The van der Waals surface area contributed by atoms with E-state index in [0.29, 0.717) is 6.04 Å². The number of nitrogens with one attached hydrogen (secondary N) is 1. The predicted molar refractivity (Wildman–Crippen MR) is 78.6 cm³/mol.